The van der Waals surface area contributed by atoms with Crippen LogP contribution in [0.15, 0.2) is 0 Å². The second-order valence-corrected chi connectivity index (χ2v) is 3.54. The number of carbonyl (C=O) groups is 1. The normalized spacial score (nSPS) is 10.6. The number of esters is 1. The van der Waals surface area contributed by atoms with E-state index in [4.69, 9.17) is 9.47 Å². The van der Waals surface area contributed by atoms with Crippen molar-refractivity contribution in [3.05, 3.63) is 0 Å². The van der Waals surface area contributed by atoms with Crippen LogP contribution in [0.3, 0.4) is 0 Å². The number of hydrogen-bond donors (Lipinski definition) is 1. The summed E-state index contributed by atoms with van der Waals surface area (Å²) < 4.78 is 10.2. The molecular weight excluding hydrogens is 182 g/mol. The number of rotatable bonds is 8. The molecule has 14 heavy (non-hydrogen) atoms. The van der Waals surface area contributed by atoms with Crippen LogP contribution >= 0.6 is 0 Å². The van der Waals surface area contributed by atoms with Crippen LogP contribution in [0.25, 0.3) is 0 Å². The van der Waals surface area contributed by atoms with E-state index in [0.29, 0.717) is 38.7 Å². The third kappa shape index (κ3) is 9.48. The topological polar surface area (TPSA) is 47.6 Å². The van der Waals surface area contributed by atoms with Gasteiger partial charge >= 0.3 is 5.97 Å². The van der Waals surface area contributed by atoms with Crippen molar-refractivity contribution < 1.29 is 14.3 Å². The van der Waals surface area contributed by atoms with Gasteiger partial charge in [-0.2, -0.15) is 0 Å². The Kier molecular flexibility index (Phi) is 8.57. The Balaban J connectivity index is 3.15. The van der Waals surface area contributed by atoms with Crippen LogP contribution < -0.4 is 5.32 Å². The molecule has 1 N–H and O–H groups in total. The Bertz CT molecular complexity index is 148. The number of carbonyl (C=O) groups excluding carboxylic acids is 1. The van der Waals surface area contributed by atoms with Crippen molar-refractivity contribution in [2.45, 2.75) is 20.3 Å². The standard InChI is InChI=1S/C10H21NO3/c1-9(2)8-13-6-7-14-10(12)4-5-11-3/h9,11H,4-8H2,1-3H3. The summed E-state index contributed by atoms with van der Waals surface area (Å²) in [7, 11) is 1.80. The molecule has 0 heterocycles. The summed E-state index contributed by atoms with van der Waals surface area (Å²) in [5, 5.41) is 2.88. The van der Waals surface area contributed by atoms with Crippen LogP contribution in [0.5, 0.6) is 0 Å². The first-order valence-corrected chi connectivity index (χ1v) is 5.04. The highest BCUT2D eigenvalue weighted by atomic mass is 16.6. The van der Waals surface area contributed by atoms with E-state index in [-0.39, 0.29) is 5.97 Å². The van der Waals surface area contributed by atoms with Crippen LogP contribution in [0.2, 0.25) is 0 Å². The van der Waals surface area contributed by atoms with Crippen molar-refractivity contribution >= 4 is 5.97 Å². The van der Waals surface area contributed by atoms with E-state index in [1.165, 1.54) is 0 Å². The first kappa shape index (κ1) is 13.4. The van der Waals surface area contributed by atoms with Gasteiger partial charge in [-0.3, -0.25) is 4.79 Å². The molecule has 0 unspecified atom stereocenters. The monoisotopic (exact) mass is 203 g/mol. The third-order valence-corrected chi connectivity index (χ3v) is 1.52. The van der Waals surface area contributed by atoms with E-state index >= 15 is 0 Å². The number of ether oxygens (including phenoxy) is 2. The van der Waals surface area contributed by atoms with E-state index < -0.39 is 0 Å². The highest BCUT2D eigenvalue weighted by molar-refractivity contribution is 5.69. The average molecular weight is 203 g/mol. The molecule has 0 atom stereocenters. The maximum absolute atomic E-state index is 11.0. The molecular formula is C10H21NO3. The zero-order chi connectivity index (χ0) is 10.8. The fraction of sp³-hybridized carbons (Fsp3) is 0.900. The Hall–Kier alpha value is -0.610. The van der Waals surface area contributed by atoms with Gasteiger partial charge in [0.15, 0.2) is 0 Å². The van der Waals surface area contributed by atoms with E-state index in [2.05, 4.69) is 19.2 Å². The van der Waals surface area contributed by atoms with Gasteiger partial charge in [-0.15, -0.1) is 0 Å². The molecule has 0 radical (unpaired) electrons. The molecule has 0 amide bonds. The van der Waals surface area contributed by atoms with Gasteiger partial charge in [-0.05, 0) is 13.0 Å². The molecule has 4 heteroatoms. The molecule has 0 aliphatic carbocycles. The van der Waals surface area contributed by atoms with Crippen molar-refractivity contribution in [3.63, 3.8) is 0 Å². The second kappa shape index (κ2) is 8.97. The molecule has 0 fully saturated rings. The maximum atomic E-state index is 11.0. The van der Waals surface area contributed by atoms with E-state index in [1.807, 2.05) is 0 Å². The summed E-state index contributed by atoms with van der Waals surface area (Å²) in [5.74, 6) is 0.350. The smallest absolute Gasteiger partial charge is 0.307 e. The van der Waals surface area contributed by atoms with E-state index in [0.717, 1.165) is 0 Å². The van der Waals surface area contributed by atoms with Gasteiger partial charge in [0.25, 0.3) is 0 Å². The predicted octanol–water partition coefficient (Wildman–Crippen LogP) is 0.812. The van der Waals surface area contributed by atoms with Gasteiger partial charge in [-0.25, -0.2) is 0 Å². The molecule has 0 spiro atoms. The molecule has 0 aliphatic rings. The zero-order valence-electron chi connectivity index (χ0n) is 9.34. The first-order chi connectivity index (χ1) is 6.66. The average Bonchev–Trinajstić information content (AvgIpc) is 2.13. The Morgan fingerprint density at radius 1 is 1.36 bits per heavy atom. The molecule has 0 saturated heterocycles. The van der Waals surface area contributed by atoms with Crippen LogP contribution in [-0.4, -0.2) is 39.4 Å². The van der Waals surface area contributed by atoms with Gasteiger partial charge in [0, 0.05) is 13.2 Å². The summed E-state index contributed by atoms with van der Waals surface area (Å²) in [6.45, 7) is 6.39. The lowest BCUT2D eigenvalue weighted by molar-refractivity contribution is -0.145. The zero-order valence-corrected chi connectivity index (χ0v) is 9.34. The minimum atomic E-state index is -0.174. The van der Waals surface area contributed by atoms with Gasteiger partial charge in [0.05, 0.1) is 13.0 Å². The lowest BCUT2D eigenvalue weighted by Crippen LogP contribution is -2.17. The molecule has 0 aromatic rings. The van der Waals surface area contributed by atoms with Crippen molar-refractivity contribution in [2.75, 3.05) is 33.4 Å². The molecule has 0 bridgehead atoms. The summed E-state index contributed by atoms with van der Waals surface area (Å²) in [6, 6.07) is 0. The second-order valence-electron chi connectivity index (χ2n) is 3.54. The Labute approximate surface area is 86.0 Å². The molecule has 0 rings (SSSR count). The Morgan fingerprint density at radius 3 is 2.64 bits per heavy atom. The van der Waals surface area contributed by atoms with E-state index in [9.17, 15) is 4.79 Å². The fourth-order valence-corrected chi connectivity index (χ4v) is 0.833. The summed E-state index contributed by atoms with van der Waals surface area (Å²) in [5.41, 5.74) is 0. The number of hydrogen-bond acceptors (Lipinski definition) is 4. The summed E-state index contributed by atoms with van der Waals surface area (Å²) in [4.78, 5) is 11.0. The van der Waals surface area contributed by atoms with Gasteiger partial charge in [-0.1, -0.05) is 13.8 Å². The minimum absolute atomic E-state index is 0.174. The molecule has 0 aromatic carbocycles. The van der Waals surface area contributed by atoms with Gasteiger partial charge in [0.2, 0.25) is 0 Å². The molecule has 0 aromatic heterocycles. The maximum Gasteiger partial charge on any atom is 0.307 e. The van der Waals surface area contributed by atoms with Crippen molar-refractivity contribution in [1.29, 1.82) is 0 Å². The van der Waals surface area contributed by atoms with Crippen molar-refractivity contribution in [1.82, 2.24) is 5.32 Å². The largest absolute Gasteiger partial charge is 0.463 e. The third-order valence-electron chi connectivity index (χ3n) is 1.52. The molecule has 0 aliphatic heterocycles. The van der Waals surface area contributed by atoms with Crippen molar-refractivity contribution in [3.8, 4) is 0 Å². The van der Waals surface area contributed by atoms with Gasteiger partial charge in [0.1, 0.15) is 6.61 Å². The fourth-order valence-electron chi connectivity index (χ4n) is 0.833. The van der Waals surface area contributed by atoms with Crippen LogP contribution in [0.4, 0.5) is 0 Å². The predicted molar refractivity (Wildman–Crippen MR) is 55.2 cm³/mol. The quantitative estimate of drug-likeness (QED) is 0.468. The van der Waals surface area contributed by atoms with Gasteiger partial charge < -0.3 is 14.8 Å². The minimum Gasteiger partial charge on any atom is -0.463 e. The summed E-state index contributed by atoms with van der Waals surface area (Å²) in [6.07, 6.45) is 0.417. The van der Waals surface area contributed by atoms with Crippen LogP contribution in [-0.2, 0) is 14.3 Å². The first-order valence-electron chi connectivity index (χ1n) is 5.04. The number of nitrogens with one attached hydrogen (secondary N) is 1. The lowest BCUT2D eigenvalue weighted by atomic mass is 10.2. The molecule has 84 valence electrons. The van der Waals surface area contributed by atoms with E-state index in [1.54, 1.807) is 7.05 Å². The molecule has 0 saturated carbocycles. The SMILES string of the molecule is CNCCC(=O)OCCOCC(C)C. The highest BCUT2D eigenvalue weighted by Gasteiger charge is 2.01. The summed E-state index contributed by atoms with van der Waals surface area (Å²) >= 11 is 0. The highest BCUT2D eigenvalue weighted by Crippen LogP contribution is 1.92. The lowest BCUT2D eigenvalue weighted by Gasteiger charge is -2.07. The molecule has 4 nitrogen and oxygen atoms in total. The van der Waals surface area contributed by atoms with Crippen LogP contribution in [0, 0.1) is 5.92 Å². The van der Waals surface area contributed by atoms with Crippen LogP contribution in [0.1, 0.15) is 20.3 Å². The van der Waals surface area contributed by atoms with Crippen molar-refractivity contribution in [2.24, 2.45) is 5.92 Å². The Morgan fingerprint density at radius 2 is 2.07 bits per heavy atom.